The highest BCUT2D eigenvalue weighted by atomic mass is 16.6. The number of ether oxygens (including phenoxy) is 1. The summed E-state index contributed by atoms with van der Waals surface area (Å²) in [6, 6.07) is 0.0212. The van der Waals surface area contributed by atoms with Gasteiger partial charge in [-0.05, 0) is 25.7 Å². The van der Waals surface area contributed by atoms with Crippen molar-refractivity contribution in [2.45, 2.75) is 51.4 Å². The molecule has 1 saturated heterocycles. The van der Waals surface area contributed by atoms with Crippen LogP contribution in [0, 0.1) is 5.92 Å². The van der Waals surface area contributed by atoms with Gasteiger partial charge in [0.05, 0.1) is 19.2 Å². The normalized spacial score (nSPS) is 32.6. The van der Waals surface area contributed by atoms with Gasteiger partial charge in [-0.3, -0.25) is 9.69 Å². The van der Waals surface area contributed by atoms with Crippen LogP contribution < -0.4 is 0 Å². The Morgan fingerprint density at radius 1 is 1.35 bits per heavy atom. The number of carbonyl (C=O) groups excluding carboxylic acids is 1. The molecule has 2 atom stereocenters. The predicted molar refractivity (Wildman–Crippen MR) is 64.6 cm³/mol. The molecule has 98 valence electrons. The molecule has 4 nitrogen and oxygen atoms in total. The van der Waals surface area contributed by atoms with Gasteiger partial charge in [0.25, 0.3) is 0 Å². The molecule has 1 saturated carbocycles. The third-order valence-electron chi connectivity index (χ3n) is 3.94. The number of rotatable bonds is 3. The van der Waals surface area contributed by atoms with E-state index in [1.165, 1.54) is 19.3 Å². The molecular weight excluding hydrogens is 218 g/mol. The van der Waals surface area contributed by atoms with Crippen LogP contribution in [0.15, 0.2) is 0 Å². The molecule has 2 unspecified atom stereocenters. The van der Waals surface area contributed by atoms with Crippen LogP contribution in [0.3, 0.4) is 0 Å². The standard InChI is InChI=1S/C13H23NO3/c1-10(15)9-14-7-8-17-13(16)12(14)11-5-3-2-4-6-11/h11-13,16H,2-9H2,1H3. The zero-order valence-electron chi connectivity index (χ0n) is 10.6. The first kappa shape index (κ1) is 13.0. The molecule has 0 spiro atoms. The van der Waals surface area contributed by atoms with Crippen LogP contribution in [-0.2, 0) is 9.53 Å². The van der Waals surface area contributed by atoms with Crippen molar-refractivity contribution in [3.63, 3.8) is 0 Å². The maximum absolute atomic E-state index is 11.3. The highest BCUT2D eigenvalue weighted by molar-refractivity contribution is 5.77. The highest BCUT2D eigenvalue weighted by Crippen LogP contribution is 2.32. The first-order valence-electron chi connectivity index (χ1n) is 6.71. The molecule has 1 aliphatic heterocycles. The summed E-state index contributed by atoms with van der Waals surface area (Å²) in [6.07, 6.45) is 5.36. The van der Waals surface area contributed by atoms with Crippen molar-refractivity contribution >= 4 is 5.78 Å². The molecule has 0 aromatic carbocycles. The summed E-state index contributed by atoms with van der Waals surface area (Å²) in [4.78, 5) is 13.4. The van der Waals surface area contributed by atoms with Gasteiger partial charge in [0.15, 0.2) is 6.29 Å². The maximum atomic E-state index is 11.3. The predicted octanol–water partition coefficient (Wildman–Crippen LogP) is 1.17. The van der Waals surface area contributed by atoms with Crippen LogP contribution in [0.1, 0.15) is 39.0 Å². The van der Waals surface area contributed by atoms with E-state index in [1.54, 1.807) is 6.92 Å². The van der Waals surface area contributed by atoms with Crippen LogP contribution in [0.5, 0.6) is 0 Å². The molecule has 17 heavy (non-hydrogen) atoms. The van der Waals surface area contributed by atoms with Crippen molar-refractivity contribution in [2.75, 3.05) is 19.7 Å². The van der Waals surface area contributed by atoms with Gasteiger partial charge in [0.1, 0.15) is 5.78 Å². The van der Waals surface area contributed by atoms with Gasteiger partial charge in [-0.2, -0.15) is 0 Å². The topological polar surface area (TPSA) is 49.8 Å². The lowest BCUT2D eigenvalue weighted by atomic mass is 9.82. The molecule has 0 aromatic heterocycles. The number of hydrogen-bond donors (Lipinski definition) is 1. The fourth-order valence-corrected chi connectivity index (χ4v) is 3.20. The Hall–Kier alpha value is -0.450. The van der Waals surface area contributed by atoms with E-state index in [1.807, 2.05) is 0 Å². The minimum absolute atomic E-state index is 0.0212. The summed E-state index contributed by atoms with van der Waals surface area (Å²) in [5.74, 6) is 0.651. The molecule has 2 rings (SSSR count). The Bertz CT molecular complexity index is 263. The van der Waals surface area contributed by atoms with Crippen LogP contribution in [0.25, 0.3) is 0 Å². The average Bonchev–Trinajstić information content (AvgIpc) is 2.29. The summed E-state index contributed by atoms with van der Waals surface area (Å²) in [7, 11) is 0. The number of morpholine rings is 1. The summed E-state index contributed by atoms with van der Waals surface area (Å²) in [5.41, 5.74) is 0. The monoisotopic (exact) mass is 241 g/mol. The number of Topliss-reactive ketones (excluding diaryl/α,β-unsaturated/α-hetero) is 1. The third kappa shape index (κ3) is 3.27. The smallest absolute Gasteiger partial charge is 0.170 e. The Balaban J connectivity index is 2.03. The van der Waals surface area contributed by atoms with E-state index in [-0.39, 0.29) is 11.8 Å². The number of hydrogen-bond acceptors (Lipinski definition) is 4. The van der Waals surface area contributed by atoms with Crippen LogP contribution in [-0.4, -0.2) is 47.8 Å². The largest absolute Gasteiger partial charge is 0.367 e. The molecule has 2 aliphatic rings. The summed E-state index contributed by atoms with van der Waals surface area (Å²) < 4.78 is 5.36. The second-order valence-corrected chi connectivity index (χ2v) is 5.32. The van der Waals surface area contributed by atoms with E-state index in [0.717, 1.165) is 19.4 Å². The molecule has 0 aromatic rings. The van der Waals surface area contributed by atoms with Crippen molar-refractivity contribution in [2.24, 2.45) is 5.92 Å². The van der Waals surface area contributed by atoms with Crippen molar-refractivity contribution < 1.29 is 14.6 Å². The van der Waals surface area contributed by atoms with Crippen molar-refractivity contribution in [1.82, 2.24) is 4.90 Å². The summed E-state index contributed by atoms with van der Waals surface area (Å²) in [6.45, 7) is 3.34. The van der Waals surface area contributed by atoms with E-state index in [0.29, 0.717) is 19.1 Å². The Morgan fingerprint density at radius 2 is 2.06 bits per heavy atom. The zero-order chi connectivity index (χ0) is 12.3. The Morgan fingerprint density at radius 3 is 2.71 bits per heavy atom. The van der Waals surface area contributed by atoms with E-state index >= 15 is 0 Å². The molecular formula is C13H23NO3. The van der Waals surface area contributed by atoms with Gasteiger partial charge in [0, 0.05) is 6.54 Å². The Labute approximate surface area is 103 Å². The average molecular weight is 241 g/mol. The van der Waals surface area contributed by atoms with Gasteiger partial charge in [-0.1, -0.05) is 19.3 Å². The van der Waals surface area contributed by atoms with Gasteiger partial charge in [-0.25, -0.2) is 0 Å². The molecule has 1 heterocycles. The minimum Gasteiger partial charge on any atom is -0.367 e. The van der Waals surface area contributed by atoms with Crippen LogP contribution in [0.4, 0.5) is 0 Å². The summed E-state index contributed by atoms with van der Waals surface area (Å²) >= 11 is 0. The van der Waals surface area contributed by atoms with Crippen molar-refractivity contribution in [3.8, 4) is 0 Å². The number of carbonyl (C=O) groups is 1. The van der Waals surface area contributed by atoms with E-state index in [4.69, 9.17) is 4.74 Å². The number of ketones is 1. The number of aliphatic hydroxyl groups is 1. The molecule has 0 amide bonds. The zero-order valence-corrected chi connectivity index (χ0v) is 10.6. The van der Waals surface area contributed by atoms with Gasteiger partial charge in [0.2, 0.25) is 0 Å². The van der Waals surface area contributed by atoms with Gasteiger partial charge in [-0.15, -0.1) is 0 Å². The maximum Gasteiger partial charge on any atom is 0.170 e. The van der Waals surface area contributed by atoms with Gasteiger partial charge >= 0.3 is 0 Å². The van der Waals surface area contributed by atoms with E-state index in [2.05, 4.69) is 4.90 Å². The minimum atomic E-state index is -0.716. The quantitative estimate of drug-likeness (QED) is 0.806. The fraction of sp³-hybridized carbons (Fsp3) is 0.923. The molecule has 2 fully saturated rings. The molecule has 1 aliphatic carbocycles. The SMILES string of the molecule is CC(=O)CN1CCOC(O)C1C1CCCCC1. The molecule has 0 bridgehead atoms. The lowest BCUT2D eigenvalue weighted by Gasteiger charge is -2.43. The van der Waals surface area contributed by atoms with E-state index < -0.39 is 6.29 Å². The Kier molecular flexibility index (Phi) is 4.54. The van der Waals surface area contributed by atoms with Crippen molar-refractivity contribution in [3.05, 3.63) is 0 Å². The second-order valence-electron chi connectivity index (χ2n) is 5.32. The van der Waals surface area contributed by atoms with Crippen LogP contribution >= 0.6 is 0 Å². The third-order valence-corrected chi connectivity index (χ3v) is 3.94. The van der Waals surface area contributed by atoms with E-state index in [9.17, 15) is 9.90 Å². The lowest BCUT2D eigenvalue weighted by molar-refractivity contribution is -0.194. The molecule has 4 heteroatoms. The van der Waals surface area contributed by atoms with Crippen LogP contribution in [0.2, 0.25) is 0 Å². The highest BCUT2D eigenvalue weighted by Gasteiger charge is 2.37. The first-order chi connectivity index (χ1) is 8.18. The first-order valence-corrected chi connectivity index (χ1v) is 6.71. The molecule has 1 N–H and O–H groups in total. The fourth-order valence-electron chi connectivity index (χ4n) is 3.20. The lowest BCUT2D eigenvalue weighted by Crippen LogP contribution is -2.56. The van der Waals surface area contributed by atoms with Gasteiger partial charge < -0.3 is 9.84 Å². The molecule has 0 radical (unpaired) electrons. The summed E-state index contributed by atoms with van der Waals surface area (Å²) in [5, 5.41) is 10.0. The van der Waals surface area contributed by atoms with Crippen molar-refractivity contribution in [1.29, 1.82) is 0 Å². The second kappa shape index (κ2) is 5.94. The number of aliphatic hydroxyl groups excluding tert-OH is 1. The number of nitrogens with zero attached hydrogens (tertiary/aromatic N) is 1.